The molecule has 0 radical (unpaired) electrons. The Kier molecular flexibility index (Phi) is 4.40. The highest BCUT2D eigenvalue weighted by Gasteiger charge is 2.06. The summed E-state index contributed by atoms with van der Waals surface area (Å²) in [5.41, 5.74) is 0.790. The van der Waals surface area contributed by atoms with Gasteiger partial charge in [0.1, 0.15) is 5.82 Å². The van der Waals surface area contributed by atoms with E-state index in [9.17, 15) is 18.0 Å². The number of carbonyl (C=O) groups is 1. The number of carbonyl (C=O) groups excluding carboxylic acids is 1. The van der Waals surface area contributed by atoms with Crippen LogP contribution in [0.25, 0.3) is 0 Å². The van der Waals surface area contributed by atoms with Crippen LogP contribution in [0.3, 0.4) is 0 Å². The van der Waals surface area contributed by atoms with Crippen molar-refractivity contribution in [2.45, 2.75) is 6.42 Å². The minimum atomic E-state index is -0.918. The van der Waals surface area contributed by atoms with Crippen LogP contribution in [-0.4, -0.2) is 12.5 Å². The van der Waals surface area contributed by atoms with Crippen LogP contribution in [0.15, 0.2) is 42.5 Å². The molecule has 0 aliphatic rings. The van der Waals surface area contributed by atoms with E-state index in [1.807, 2.05) is 0 Å². The lowest BCUT2D eigenvalue weighted by Crippen LogP contribution is -2.25. The van der Waals surface area contributed by atoms with Gasteiger partial charge in [-0.25, -0.2) is 13.2 Å². The Labute approximate surface area is 114 Å². The molecule has 0 saturated heterocycles. The van der Waals surface area contributed by atoms with Crippen LogP contribution >= 0.6 is 0 Å². The molecule has 20 heavy (non-hydrogen) atoms. The Bertz CT molecular complexity index is 628. The minimum absolute atomic E-state index is 0.218. The fraction of sp³-hybridized carbons (Fsp3) is 0.133. The van der Waals surface area contributed by atoms with E-state index in [4.69, 9.17) is 0 Å². The molecule has 0 spiro atoms. The van der Waals surface area contributed by atoms with Gasteiger partial charge in [0.15, 0.2) is 11.6 Å². The van der Waals surface area contributed by atoms with E-state index in [1.165, 1.54) is 24.3 Å². The lowest BCUT2D eigenvalue weighted by molar-refractivity contribution is 0.0953. The van der Waals surface area contributed by atoms with Gasteiger partial charge in [-0.3, -0.25) is 4.79 Å². The molecule has 0 aromatic heterocycles. The molecule has 0 bridgehead atoms. The zero-order valence-corrected chi connectivity index (χ0v) is 10.5. The van der Waals surface area contributed by atoms with Gasteiger partial charge in [-0.2, -0.15) is 0 Å². The molecule has 2 aromatic carbocycles. The van der Waals surface area contributed by atoms with Crippen molar-refractivity contribution in [3.05, 3.63) is 71.0 Å². The molecule has 104 valence electrons. The Hall–Kier alpha value is -2.30. The summed E-state index contributed by atoms with van der Waals surface area (Å²) >= 11 is 0. The molecule has 1 N–H and O–H groups in total. The molecule has 0 aliphatic heterocycles. The molecule has 5 heteroatoms. The molecule has 0 saturated carbocycles. The first-order chi connectivity index (χ1) is 9.56. The Morgan fingerprint density at radius 2 is 1.80 bits per heavy atom. The maximum atomic E-state index is 13.0. The van der Waals surface area contributed by atoms with Gasteiger partial charge in [0, 0.05) is 12.1 Å². The summed E-state index contributed by atoms with van der Waals surface area (Å²) in [6.07, 6.45) is 0.359. The second-order valence-electron chi connectivity index (χ2n) is 4.26. The zero-order chi connectivity index (χ0) is 14.5. The fourth-order valence-corrected chi connectivity index (χ4v) is 1.75. The molecular formula is C15H12F3NO. The van der Waals surface area contributed by atoms with E-state index >= 15 is 0 Å². The number of rotatable bonds is 4. The van der Waals surface area contributed by atoms with Gasteiger partial charge >= 0.3 is 0 Å². The maximum Gasteiger partial charge on any atom is 0.251 e. The third kappa shape index (κ3) is 3.60. The zero-order valence-electron chi connectivity index (χ0n) is 10.5. The van der Waals surface area contributed by atoms with Gasteiger partial charge in [0.2, 0.25) is 0 Å². The van der Waals surface area contributed by atoms with E-state index in [1.54, 1.807) is 0 Å². The predicted octanol–water partition coefficient (Wildman–Crippen LogP) is 3.08. The molecule has 1 amide bonds. The van der Waals surface area contributed by atoms with Crippen molar-refractivity contribution in [3.63, 3.8) is 0 Å². The number of nitrogens with one attached hydrogen (secondary N) is 1. The quantitative estimate of drug-likeness (QED) is 0.915. The number of hydrogen-bond acceptors (Lipinski definition) is 1. The highest BCUT2D eigenvalue weighted by molar-refractivity contribution is 5.94. The topological polar surface area (TPSA) is 29.1 Å². The van der Waals surface area contributed by atoms with Gasteiger partial charge in [-0.05, 0) is 42.3 Å². The molecule has 0 aliphatic carbocycles. The lowest BCUT2D eigenvalue weighted by atomic mass is 10.1. The standard InChI is InChI=1S/C15H12F3NO/c16-12-3-1-2-11(9-12)15(20)19-7-6-10-4-5-13(17)14(18)8-10/h1-5,8-9H,6-7H2,(H,19,20). The second-order valence-corrected chi connectivity index (χ2v) is 4.26. The summed E-state index contributed by atoms with van der Waals surface area (Å²) in [7, 11) is 0. The third-order valence-corrected chi connectivity index (χ3v) is 2.77. The molecule has 0 fully saturated rings. The van der Waals surface area contributed by atoms with Gasteiger partial charge in [-0.1, -0.05) is 12.1 Å². The smallest absolute Gasteiger partial charge is 0.251 e. The molecule has 0 heterocycles. The van der Waals surface area contributed by atoms with Crippen LogP contribution in [0.2, 0.25) is 0 Å². The SMILES string of the molecule is O=C(NCCc1ccc(F)c(F)c1)c1cccc(F)c1. The van der Waals surface area contributed by atoms with Crippen LogP contribution in [0.1, 0.15) is 15.9 Å². The van der Waals surface area contributed by atoms with E-state index < -0.39 is 23.4 Å². The third-order valence-electron chi connectivity index (χ3n) is 2.77. The summed E-state index contributed by atoms with van der Waals surface area (Å²) in [6.45, 7) is 0.250. The average molecular weight is 279 g/mol. The van der Waals surface area contributed by atoms with E-state index in [0.29, 0.717) is 12.0 Å². The Morgan fingerprint density at radius 3 is 2.50 bits per heavy atom. The minimum Gasteiger partial charge on any atom is -0.352 e. The van der Waals surface area contributed by atoms with E-state index in [-0.39, 0.29) is 12.1 Å². The van der Waals surface area contributed by atoms with E-state index in [2.05, 4.69) is 5.32 Å². The van der Waals surface area contributed by atoms with Crippen molar-refractivity contribution in [2.24, 2.45) is 0 Å². The highest BCUT2D eigenvalue weighted by Crippen LogP contribution is 2.09. The van der Waals surface area contributed by atoms with Crippen molar-refractivity contribution in [1.29, 1.82) is 0 Å². The van der Waals surface area contributed by atoms with E-state index in [0.717, 1.165) is 18.2 Å². The monoisotopic (exact) mass is 279 g/mol. The highest BCUT2D eigenvalue weighted by atomic mass is 19.2. The van der Waals surface area contributed by atoms with Crippen molar-refractivity contribution in [2.75, 3.05) is 6.54 Å². The van der Waals surface area contributed by atoms with Crippen LogP contribution in [-0.2, 0) is 6.42 Å². The fourth-order valence-electron chi connectivity index (χ4n) is 1.75. The molecule has 2 aromatic rings. The molecule has 0 unspecified atom stereocenters. The molecule has 2 rings (SSSR count). The second kappa shape index (κ2) is 6.23. The molecular weight excluding hydrogens is 267 g/mol. The van der Waals surface area contributed by atoms with Gasteiger partial charge in [0.25, 0.3) is 5.91 Å². The van der Waals surface area contributed by atoms with Gasteiger partial charge in [0.05, 0.1) is 0 Å². The normalized spacial score (nSPS) is 10.3. The number of amides is 1. The summed E-state index contributed by atoms with van der Waals surface area (Å²) in [5.74, 6) is -2.72. The summed E-state index contributed by atoms with van der Waals surface area (Å²) in [5, 5.41) is 2.59. The van der Waals surface area contributed by atoms with Gasteiger partial charge in [-0.15, -0.1) is 0 Å². The lowest BCUT2D eigenvalue weighted by Gasteiger charge is -2.06. The number of benzene rings is 2. The van der Waals surface area contributed by atoms with Crippen LogP contribution in [0.4, 0.5) is 13.2 Å². The first kappa shape index (κ1) is 14.1. The van der Waals surface area contributed by atoms with Crippen molar-refractivity contribution >= 4 is 5.91 Å². The van der Waals surface area contributed by atoms with Crippen LogP contribution < -0.4 is 5.32 Å². The predicted molar refractivity (Wildman–Crippen MR) is 68.8 cm³/mol. The first-order valence-corrected chi connectivity index (χ1v) is 6.04. The van der Waals surface area contributed by atoms with Gasteiger partial charge < -0.3 is 5.32 Å². The molecule has 0 atom stereocenters. The summed E-state index contributed by atoms with van der Waals surface area (Å²) < 4.78 is 38.6. The number of hydrogen-bond donors (Lipinski definition) is 1. The van der Waals surface area contributed by atoms with Crippen LogP contribution in [0, 0.1) is 17.5 Å². The first-order valence-electron chi connectivity index (χ1n) is 6.04. The summed E-state index contributed by atoms with van der Waals surface area (Å²) in [4.78, 5) is 11.7. The Morgan fingerprint density at radius 1 is 1.00 bits per heavy atom. The molecule has 2 nitrogen and oxygen atoms in total. The van der Waals surface area contributed by atoms with Crippen LogP contribution in [0.5, 0.6) is 0 Å². The van der Waals surface area contributed by atoms with Crippen molar-refractivity contribution in [3.8, 4) is 0 Å². The summed E-state index contributed by atoms with van der Waals surface area (Å²) in [6, 6.07) is 8.90. The average Bonchev–Trinajstić information content (AvgIpc) is 2.42. The maximum absolute atomic E-state index is 13.0. The van der Waals surface area contributed by atoms with Crippen molar-refractivity contribution < 1.29 is 18.0 Å². The Balaban J connectivity index is 1.89. The number of halogens is 3. The van der Waals surface area contributed by atoms with Crippen molar-refractivity contribution in [1.82, 2.24) is 5.32 Å². The largest absolute Gasteiger partial charge is 0.352 e.